The van der Waals surface area contributed by atoms with Gasteiger partial charge in [-0.3, -0.25) is 9.59 Å². The highest BCUT2D eigenvalue weighted by atomic mass is 32.1. The molecule has 35 heavy (non-hydrogen) atoms. The lowest BCUT2D eigenvalue weighted by Gasteiger charge is -2.27. The summed E-state index contributed by atoms with van der Waals surface area (Å²) in [6.45, 7) is 3.48. The van der Waals surface area contributed by atoms with E-state index in [1.807, 2.05) is 0 Å². The van der Waals surface area contributed by atoms with Gasteiger partial charge in [0.2, 0.25) is 5.91 Å². The molecule has 3 aromatic heterocycles. The number of methoxy groups -OCH3 is 1. The maximum absolute atomic E-state index is 13.2. The molecule has 0 radical (unpaired) electrons. The number of aromatic nitrogens is 2. The van der Waals surface area contributed by atoms with Crippen molar-refractivity contribution in [1.29, 1.82) is 0 Å². The minimum absolute atomic E-state index is 0.155. The van der Waals surface area contributed by atoms with E-state index in [1.165, 1.54) is 22.3 Å². The van der Waals surface area contributed by atoms with E-state index < -0.39 is 6.03 Å². The first-order chi connectivity index (χ1) is 17.0. The molecule has 4 heterocycles. The first-order valence-corrected chi connectivity index (χ1v) is 11.9. The standard InChI is InChI=1S/C22H20N6O3S.C2H6O/c1-2-16(29)25-12-6-5-7-13(12)26-20(30)19-18-17-14(9-11-24-21(17)32-19)28(22(31)27-18)15-8-3-4-10-23-15;1-3-2/h2-4,8-13H,1,5-7H2,(H,25,29)(H,26,30)(H,27,31);1-2H3. The van der Waals surface area contributed by atoms with Crippen LogP contribution in [0, 0.1) is 0 Å². The van der Waals surface area contributed by atoms with Crippen LogP contribution in [0.1, 0.15) is 28.9 Å². The fraction of sp³-hybridized carbons (Fsp3) is 0.292. The van der Waals surface area contributed by atoms with Crippen LogP contribution in [0.4, 0.5) is 22.0 Å². The van der Waals surface area contributed by atoms with Crippen LogP contribution in [0.3, 0.4) is 0 Å². The number of pyridine rings is 2. The molecule has 0 bridgehead atoms. The number of nitrogens with one attached hydrogen (secondary N) is 3. The fourth-order valence-electron chi connectivity index (χ4n) is 4.24. The van der Waals surface area contributed by atoms with Crippen LogP contribution in [0.15, 0.2) is 49.3 Å². The topological polar surface area (TPSA) is 126 Å². The molecule has 182 valence electrons. The second kappa shape index (κ2) is 10.6. The Morgan fingerprint density at radius 3 is 2.60 bits per heavy atom. The summed E-state index contributed by atoms with van der Waals surface area (Å²) in [6.07, 6.45) is 6.90. The number of anilines is 3. The zero-order chi connectivity index (χ0) is 24.9. The Hall–Kier alpha value is -3.83. The maximum Gasteiger partial charge on any atom is 0.332 e. The lowest BCUT2D eigenvalue weighted by Crippen LogP contribution is -2.48. The molecule has 2 atom stereocenters. The number of thiophene rings is 1. The second-order valence-corrected chi connectivity index (χ2v) is 9.01. The number of amides is 4. The lowest BCUT2D eigenvalue weighted by atomic mass is 10.1. The zero-order valence-corrected chi connectivity index (χ0v) is 20.2. The van der Waals surface area contributed by atoms with Crippen LogP contribution in [-0.2, 0) is 9.53 Å². The van der Waals surface area contributed by atoms with Gasteiger partial charge in [0.25, 0.3) is 5.91 Å². The number of hydrogen-bond acceptors (Lipinski definition) is 7. The summed E-state index contributed by atoms with van der Waals surface area (Å²) in [6, 6.07) is 6.32. The summed E-state index contributed by atoms with van der Waals surface area (Å²) in [4.78, 5) is 49.1. The number of hydrogen-bond donors (Lipinski definition) is 3. The number of urea groups is 1. The lowest BCUT2D eigenvalue weighted by molar-refractivity contribution is -0.117. The smallest absolute Gasteiger partial charge is 0.332 e. The normalized spacial score (nSPS) is 18.3. The monoisotopic (exact) mass is 494 g/mol. The van der Waals surface area contributed by atoms with E-state index in [2.05, 4.69) is 37.2 Å². The molecule has 2 aliphatic rings. The predicted octanol–water partition coefficient (Wildman–Crippen LogP) is 3.59. The maximum atomic E-state index is 13.2. The molecule has 4 amide bonds. The first kappa shape index (κ1) is 24.3. The number of carbonyl (C=O) groups is 3. The molecule has 2 unspecified atom stereocenters. The number of rotatable bonds is 5. The van der Waals surface area contributed by atoms with Gasteiger partial charge in [0.1, 0.15) is 15.5 Å². The van der Waals surface area contributed by atoms with Gasteiger partial charge in [0.05, 0.1) is 16.8 Å². The van der Waals surface area contributed by atoms with Crippen molar-refractivity contribution in [2.45, 2.75) is 31.3 Å². The van der Waals surface area contributed by atoms with Gasteiger partial charge in [-0.2, -0.15) is 0 Å². The highest BCUT2D eigenvalue weighted by Crippen LogP contribution is 2.45. The van der Waals surface area contributed by atoms with Gasteiger partial charge in [-0.1, -0.05) is 12.6 Å². The summed E-state index contributed by atoms with van der Waals surface area (Å²) in [5.41, 5.74) is 1.08. The summed E-state index contributed by atoms with van der Waals surface area (Å²) >= 11 is 1.22. The summed E-state index contributed by atoms with van der Waals surface area (Å²) in [5, 5.41) is 9.46. The molecule has 5 rings (SSSR count). The number of carbonyl (C=O) groups excluding carboxylic acids is 3. The van der Waals surface area contributed by atoms with E-state index in [1.54, 1.807) is 50.9 Å². The minimum atomic E-state index is -0.395. The molecule has 11 heteroatoms. The van der Waals surface area contributed by atoms with E-state index in [9.17, 15) is 14.4 Å². The molecule has 0 spiro atoms. The van der Waals surface area contributed by atoms with Gasteiger partial charge in [-0.15, -0.1) is 11.3 Å². The van der Waals surface area contributed by atoms with Gasteiger partial charge in [-0.25, -0.2) is 19.7 Å². The molecule has 3 aromatic rings. The van der Waals surface area contributed by atoms with Crippen LogP contribution in [0.5, 0.6) is 0 Å². The molecule has 1 fully saturated rings. The molecule has 1 aliphatic carbocycles. The first-order valence-electron chi connectivity index (χ1n) is 11.1. The Labute approximate surface area is 206 Å². The number of ether oxygens (including phenoxy) is 1. The molecule has 0 aromatic carbocycles. The highest BCUT2D eigenvalue weighted by molar-refractivity contribution is 7.21. The molecule has 0 saturated heterocycles. The van der Waals surface area contributed by atoms with E-state index in [-0.39, 0.29) is 23.9 Å². The van der Waals surface area contributed by atoms with E-state index in [4.69, 9.17) is 0 Å². The molecule has 10 nitrogen and oxygen atoms in total. The van der Waals surface area contributed by atoms with Crippen LogP contribution >= 0.6 is 11.3 Å². The predicted molar refractivity (Wildman–Crippen MR) is 135 cm³/mol. The van der Waals surface area contributed by atoms with E-state index >= 15 is 0 Å². The van der Waals surface area contributed by atoms with E-state index in [0.717, 1.165) is 19.3 Å². The van der Waals surface area contributed by atoms with Crippen molar-refractivity contribution >= 4 is 56.6 Å². The SMILES string of the molecule is C=CC(=O)NC1CCCC1NC(=O)c1sc2nccc3c2c1NC(=O)N3c1ccccn1.COC. The van der Waals surface area contributed by atoms with Crippen molar-refractivity contribution in [3.8, 4) is 0 Å². The summed E-state index contributed by atoms with van der Waals surface area (Å²) < 4.78 is 4.25. The molecule has 1 saturated carbocycles. The van der Waals surface area contributed by atoms with Crippen LogP contribution in [-0.4, -0.2) is 54.1 Å². The third kappa shape index (κ3) is 4.86. The summed E-state index contributed by atoms with van der Waals surface area (Å²) in [7, 11) is 3.25. The van der Waals surface area contributed by atoms with Crippen molar-refractivity contribution in [2.75, 3.05) is 24.4 Å². The van der Waals surface area contributed by atoms with Crippen LogP contribution in [0.25, 0.3) is 10.2 Å². The Morgan fingerprint density at radius 2 is 1.91 bits per heavy atom. The molecule has 3 N–H and O–H groups in total. The molecular weight excluding hydrogens is 468 g/mol. The summed E-state index contributed by atoms with van der Waals surface area (Å²) in [5.74, 6) is -0.0822. The Bertz CT molecular complexity index is 1260. The van der Waals surface area contributed by atoms with Crippen molar-refractivity contribution in [1.82, 2.24) is 20.6 Å². The van der Waals surface area contributed by atoms with Gasteiger partial charge < -0.3 is 20.7 Å². The Kier molecular flexibility index (Phi) is 7.37. The second-order valence-electron chi connectivity index (χ2n) is 8.01. The van der Waals surface area contributed by atoms with Crippen LogP contribution < -0.4 is 20.9 Å². The van der Waals surface area contributed by atoms with Crippen molar-refractivity contribution in [3.63, 3.8) is 0 Å². The number of nitrogens with zero attached hydrogens (tertiary/aromatic N) is 3. The van der Waals surface area contributed by atoms with Gasteiger partial charge >= 0.3 is 6.03 Å². The molecular formula is C24H26N6O4S. The van der Waals surface area contributed by atoms with Gasteiger partial charge in [0, 0.05) is 38.7 Å². The fourth-order valence-corrected chi connectivity index (χ4v) is 5.26. The molecule has 1 aliphatic heterocycles. The Morgan fingerprint density at radius 1 is 1.17 bits per heavy atom. The van der Waals surface area contributed by atoms with Crippen LogP contribution in [0.2, 0.25) is 0 Å². The minimum Gasteiger partial charge on any atom is -0.388 e. The highest BCUT2D eigenvalue weighted by Gasteiger charge is 2.35. The van der Waals surface area contributed by atoms with Gasteiger partial charge in [-0.05, 0) is 43.5 Å². The Balaban J connectivity index is 0.000000917. The average molecular weight is 495 g/mol. The van der Waals surface area contributed by atoms with E-state index in [0.29, 0.717) is 32.3 Å². The third-order valence-corrected chi connectivity index (χ3v) is 6.77. The largest absolute Gasteiger partial charge is 0.388 e. The van der Waals surface area contributed by atoms with Crippen molar-refractivity contribution < 1.29 is 19.1 Å². The van der Waals surface area contributed by atoms with Gasteiger partial charge in [0.15, 0.2) is 0 Å². The third-order valence-electron chi connectivity index (χ3n) is 5.68. The zero-order valence-electron chi connectivity index (χ0n) is 19.4. The van der Waals surface area contributed by atoms with Crippen molar-refractivity contribution in [2.24, 2.45) is 0 Å². The van der Waals surface area contributed by atoms with Crippen molar-refractivity contribution in [3.05, 3.63) is 54.2 Å². The quantitative estimate of drug-likeness (QED) is 0.466. The average Bonchev–Trinajstić information content (AvgIpc) is 3.45.